The van der Waals surface area contributed by atoms with E-state index in [1.54, 1.807) is 7.05 Å². The average Bonchev–Trinajstić information content (AvgIpc) is 1.65. The molecule has 0 aliphatic carbocycles. The van der Waals surface area contributed by atoms with E-state index in [-0.39, 0.29) is 5.96 Å². The van der Waals surface area contributed by atoms with Gasteiger partial charge >= 0.3 is 0 Å². The van der Waals surface area contributed by atoms with E-state index in [1.807, 2.05) is 0 Å². The number of guanidine groups is 1. The average molecular weight is 103 g/mol. The van der Waals surface area contributed by atoms with Gasteiger partial charge in [0.15, 0.2) is 0 Å². The standard InChI is InChI=1S/C3H9N3O/c1-5-3(4)6(2)7/h7H,1-2H3,(H2,4,5). The van der Waals surface area contributed by atoms with E-state index in [1.165, 1.54) is 7.05 Å². The van der Waals surface area contributed by atoms with Crippen LogP contribution in [0.2, 0.25) is 0 Å². The highest BCUT2D eigenvalue weighted by Gasteiger charge is 1.90. The van der Waals surface area contributed by atoms with Crippen LogP contribution in [0.3, 0.4) is 0 Å². The van der Waals surface area contributed by atoms with E-state index in [0.717, 1.165) is 0 Å². The Morgan fingerprint density at radius 2 is 2.29 bits per heavy atom. The van der Waals surface area contributed by atoms with Crippen molar-refractivity contribution in [2.45, 2.75) is 0 Å². The van der Waals surface area contributed by atoms with Gasteiger partial charge in [-0.25, -0.2) is 5.06 Å². The predicted molar refractivity (Wildman–Crippen MR) is 26.3 cm³/mol. The maximum Gasteiger partial charge on any atom is 0.214 e. The summed E-state index contributed by atoms with van der Waals surface area (Å²) < 4.78 is 0. The van der Waals surface area contributed by atoms with Crippen LogP contribution in [0.4, 0.5) is 0 Å². The Bertz CT molecular complexity index is 70.6. The zero-order valence-corrected chi connectivity index (χ0v) is 4.39. The molecule has 0 amide bonds. The fraction of sp³-hybridized carbons (Fsp3) is 0.667. The zero-order valence-electron chi connectivity index (χ0n) is 4.39. The van der Waals surface area contributed by atoms with Gasteiger partial charge in [0.05, 0.1) is 0 Å². The molecule has 0 spiro atoms. The number of rotatable bonds is 0. The molecule has 0 saturated carbocycles. The molecule has 0 atom stereocenters. The van der Waals surface area contributed by atoms with E-state index in [2.05, 4.69) is 5.32 Å². The summed E-state index contributed by atoms with van der Waals surface area (Å²) >= 11 is 0. The van der Waals surface area contributed by atoms with E-state index < -0.39 is 0 Å². The summed E-state index contributed by atoms with van der Waals surface area (Å²) in [7, 11) is 2.94. The van der Waals surface area contributed by atoms with Crippen molar-refractivity contribution in [2.75, 3.05) is 14.1 Å². The van der Waals surface area contributed by atoms with Crippen LogP contribution in [0.1, 0.15) is 0 Å². The number of hydrogen-bond donors (Lipinski definition) is 3. The van der Waals surface area contributed by atoms with Crippen molar-refractivity contribution in [1.82, 2.24) is 10.4 Å². The summed E-state index contributed by atoms with van der Waals surface area (Å²) in [6, 6.07) is 0. The largest absolute Gasteiger partial charge is 0.358 e. The van der Waals surface area contributed by atoms with Crippen LogP contribution in [0.5, 0.6) is 0 Å². The molecule has 0 unspecified atom stereocenters. The Balaban J connectivity index is 3.35. The summed E-state index contributed by atoms with van der Waals surface area (Å²) in [6.45, 7) is 0. The molecule has 0 radical (unpaired) electrons. The minimum atomic E-state index is -0.0139. The Labute approximate surface area is 42.2 Å². The third-order valence-corrected chi connectivity index (χ3v) is 0.560. The highest BCUT2D eigenvalue weighted by molar-refractivity contribution is 5.74. The van der Waals surface area contributed by atoms with E-state index in [9.17, 15) is 0 Å². The second-order valence-corrected chi connectivity index (χ2v) is 1.12. The fourth-order valence-electron chi connectivity index (χ4n) is 0.162. The molecule has 0 fully saturated rings. The van der Waals surface area contributed by atoms with E-state index >= 15 is 0 Å². The van der Waals surface area contributed by atoms with Gasteiger partial charge in [-0.2, -0.15) is 0 Å². The minimum Gasteiger partial charge on any atom is -0.358 e. The van der Waals surface area contributed by atoms with Gasteiger partial charge in [0.25, 0.3) is 0 Å². The van der Waals surface area contributed by atoms with Gasteiger partial charge in [-0.15, -0.1) is 0 Å². The Morgan fingerprint density at radius 1 is 1.86 bits per heavy atom. The number of nitrogens with zero attached hydrogens (tertiary/aromatic N) is 1. The molecule has 0 saturated heterocycles. The third kappa shape index (κ3) is 1.99. The molecule has 0 rings (SSSR count). The number of hydroxylamine groups is 2. The summed E-state index contributed by atoms with van der Waals surface area (Å²) in [4.78, 5) is 0. The molecule has 0 aromatic heterocycles. The van der Waals surface area contributed by atoms with Crippen LogP contribution in [0.15, 0.2) is 0 Å². The van der Waals surface area contributed by atoms with Gasteiger partial charge in [0, 0.05) is 14.1 Å². The molecule has 0 aliphatic rings. The first-order valence-corrected chi connectivity index (χ1v) is 1.87. The molecule has 7 heavy (non-hydrogen) atoms. The highest BCUT2D eigenvalue weighted by atomic mass is 16.5. The maximum absolute atomic E-state index is 8.37. The molecule has 3 N–H and O–H groups in total. The van der Waals surface area contributed by atoms with Crippen LogP contribution in [0, 0.1) is 5.41 Å². The van der Waals surface area contributed by atoms with Crippen molar-refractivity contribution in [2.24, 2.45) is 0 Å². The molecule has 0 aromatic rings. The lowest BCUT2D eigenvalue weighted by atomic mass is 10.9. The van der Waals surface area contributed by atoms with Gasteiger partial charge in [0.2, 0.25) is 5.96 Å². The van der Waals surface area contributed by atoms with Gasteiger partial charge in [-0.1, -0.05) is 0 Å². The summed E-state index contributed by atoms with van der Waals surface area (Å²) in [5.41, 5.74) is 0. The zero-order chi connectivity index (χ0) is 5.86. The molecule has 4 nitrogen and oxygen atoms in total. The molecule has 0 aromatic carbocycles. The second-order valence-electron chi connectivity index (χ2n) is 1.12. The SMILES string of the molecule is CNC(=N)N(C)O. The predicted octanol–water partition coefficient (Wildman–Crippen LogP) is -0.538. The molecule has 0 bridgehead atoms. The quantitative estimate of drug-likeness (QED) is 0.219. The topological polar surface area (TPSA) is 59.4 Å². The smallest absolute Gasteiger partial charge is 0.214 e. The summed E-state index contributed by atoms with van der Waals surface area (Å²) in [6.07, 6.45) is 0. The number of nitrogens with one attached hydrogen (secondary N) is 2. The van der Waals surface area contributed by atoms with Gasteiger partial charge in [0.1, 0.15) is 0 Å². The van der Waals surface area contributed by atoms with Crippen molar-refractivity contribution in [3.63, 3.8) is 0 Å². The lowest BCUT2D eigenvalue weighted by Gasteiger charge is -2.08. The summed E-state index contributed by atoms with van der Waals surface area (Å²) in [5.74, 6) is -0.0139. The summed E-state index contributed by atoms with van der Waals surface area (Å²) in [5, 5.41) is 18.2. The molecule has 0 aliphatic heterocycles. The third-order valence-electron chi connectivity index (χ3n) is 0.560. The normalized spacial score (nSPS) is 7.86. The van der Waals surface area contributed by atoms with Crippen LogP contribution < -0.4 is 5.32 Å². The van der Waals surface area contributed by atoms with Crippen molar-refractivity contribution < 1.29 is 5.21 Å². The van der Waals surface area contributed by atoms with Gasteiger partial charge in [-0.05, 0) is 0 Å². The fourth-order valence-corrected chi connectivity index (χ4v) is 0.162. The minimum absolute atomic E-state index is 0.0139. The van der Waals surface area contributed by atoms with Crippen LogP contribution in [-0.2, 0) is 0 Å². The Morgan fingerprint density at radius 3 is 2.29 bits per heavy atom. The van der Waals surface area contributed by atoms with E-state index in [0.29, 0.717) is 5.06 Å². The first-order chi connectivity index (χ1) is 3.18. The monoisotopic (exact) mass is 103 g/mol. The van der Waals surface area contributed by atoms with Crippen molar-refractivity contribution in [1.29, 1.82) is 5.41 Å². The maximum atomic E-state index is 8.37. The first-order valence-electron chi connectivity index (χ1n) is 1.87. The molecule has 0 heterocycles. The first kappa shape index (κ1) is 6.23. The van der Waals surface area contributed by atoms with Crippen LogP contribution in [-0.4, -0.2) is 30.3 Å². The lowest BCUT2D eigenvalue weighted by Crippen LogP contribution is -2.32. The van der Waals surface area contributed by atoms with Crippen molar-refractivity contribution >= 4 is 5.96 Å². The van der Waals surface area contributed by atoms with Gasteiger partial charge in [-0.3, -0.25) is 10.6 Å². The molecule has 42 valence electrons. The Hall–Kier alpha value is -0.770. The highest BCUT2D eigenvalue weighted by Crippen LogP contribution is 1.66. The lowest BCUT2D eigenvalue weighted by molar-refractivity contribution is 0.00869. The molecular weight excluding hydrogens is 94.1 g/mol. The molecular formula is C3H9N3O. The molecule has 4 heteroatoms. The van der Waals surface area contributed by atoms with Crippen molar-refractivity contribution in [3.05, 3.63) is 0 Å². The van der Waals surface area contributed by atoms with Crippen LogP contribution >= 0.6 is 0 Å². The van der Waals surface area contributed by atoms with Gasteiger partial charge < -0.3 is 5.32 Å². The van der Waals surface area contributed by atoms with Crippen molar-refractivity contribution in [3.8, 4) is 0 Å². The Kier molecular flexibility index (Phi) is 2.15. The number of hydrogen-bond acceptors (Lipinski definition) is 2. The second kappa shape index (κ2) is 2.41. The van der Waals surface area contributed by atoms with E-state index in [4.69, 9.17) is 10.6 Å². The van der Waals surface area contributed by atoms with Crippen LogP contribution in [0.25, 0.3) is 0 Å².